The van der Waals surface area contributed by atoms with Crippen LogP contribution in [0.1, 0.15) is 25.5 Å². The zero-order chi connectivity index (χ0) is 15.4. The average Bonchev–Trinajstić information content (AvgIpc) is 2.90. The molecule has 0 amide bonds. The van der Waals surface area contributed by atoms with E-state index in [9.17, 15) is 5.11 Å². The van der Waals surface area contributed by atoms with E-state index < -0.39 is 0 Å². The van der Waals surface area contributed by atoms with Crippen molar-refractivity contribution in [2.75, 3.05) is 38.8 Å². The highest BCUT2D eigenvalue weighted by atomic mass is 16.5. The maximum Gasteiger partial charge on any atom is 0.122 e. The van der Waals surface area contributed by atoms with Gasteiger partial charge in [-0.1, -0.05) is 13.0 Å². The third-order valence-corrected chi connectivity index (χ3v) is 4.18. The first-order valence-electron chi connectivity index (χ1n) is 7.47. The SMILES string of the molecule is CCNC(C)c1ccc(N2CC(OC)C(OC)C2)cc1O. The van der Waals surface area contributed by atoms with Crippen molar-refractivity contribution in [3.05, 3.63) is 23.8 Å². The molecule has 21 heavy (non-hydrogen) atoms. The van der Waals surface area contributed by atoms with Gasteiger partial charge in [0.1, 0.15) is 18.0 Å². The molecule has 0 spiro atoms. The zero-order valence-electron chi connectivity index (χ0n) is 13.3. The van der Waals surface area contributed by atoms with Gasteiger partial charge >= 0.3 is 0 Å². The third kappa shape index (κ3) is 3.48. The van der Waals surface area contributed by atoms with Crippen molar-refractivity contribution in [1.29, 1.82) is 0 Å². The Labute approximate surface area is 126 Å². The number of ether oxygens (including phenoxy) is 2. The second-order valence-electron chi connectivity index (χ2n) is 5.48. The van der Waals surface area contributed by atoms with Gasteiger partial charge in [0.05, 0.1) is 0 Å². The molecule has 0 aromatic heterocycles. The number of rotatable bonds is 6. The largest absolute Gasteiger partial charge is 0.508 e. The van der Waals surface area contributed by atoms with Crippen LogP contribution in [-0.4, -0.2) is 51.2 Å². The Balaban J connectivity index is 2.13. The van der Waals surface area contributed by atoms with Gasteiger partial charge in [-0.25, -0.2) is 0 Å². The molecule has 0 aliphatic carbocycles. The summed E-state index contributed by atoms with van der Waals surface area (Å²) in [6.07, 6.45) is 0.134. The van der Waals surface area contributed by atoms with Crippen LogP contribution in [0.25, 0.3) is 0 Å². The molecule has 0 saturated carbocycles. The lowest BCUT2D eigenvalue weighted by molar-refractivity contribution is -0.00461. The highest BCUT2D eigenvalue weighted by molar-refractivity contribution is 5.55. The molecule has 5 nitrogen and oxygen atoms in total. The Morgan fingerprint density at radius 3 is 2.38 bits per heavy atom. The van der Waals surface area contributed by atoms with Crippen LogP contribution >= 0.6 is 0 Å². The monoisotopic (exact) mass is 294 g/mol. The number of aromatic hydroxyl groups is 1. The van der Waals surface area contributed by atoms with Crippen LogP contribution in [0.15, 0.2) is 18.2 Å². The first kappa shape index (κ1) is 16.1. The predicted molar refractivity (Wildman–Crippen MR) is 84.0 cm³/mol. The highest BCUT2D eigenvalue weighted by Gasteiger charge is 2.33. The molecule has 2 rings (SSSR count). The van der Waals surface area contributed by atoms with Crippen LogP contribution in [0.5, 0.6) is 5.75 Å². The minimum Gasteiger partial charge on any atom is -0.508 e. The van der Waals surface area contributed by atoms with Crippen LogP contribution in [0.4, 0.5) is 5.69 Å². The lowest BCUT2D eigenvalue weighted by Gasteiger charge is -2.21. The van der Waals surface area contributed by atoms with Gasteiger partial charge in [-0.2, -0.15) is 0 Å². The second kappa shape index (κ2) is 7.11. The molecule has 1 saturated heterocycles. The summed E-state index contributed by atoms with van der Waals surface area (Å²) in [7, 11) is 3.41. The Morgan fingerprint density at radius 1 is 1.29 bits per heavy atom. The molecule has 3 unspecified atom stereocenters. The fraction of sp³-hybridized carbons (Fsp3) is 0.625. The number of hydrogen-bond acceptors (Lipinski definition) is 5. The van der Waals surface area contributed by atoms with E-state index in [4.69, 9.17) is 9.47 Å². The van der Waals surface area contributed by atoms with Crippen molar-refractivity contribution in [1.82, 2.24) is 5.32 Å². The third-order valence-electron chi connectivity index (χ3n) is 4.18. The standard InChI is InChI=1S/C16H26N2O3/c1-5-17-11(2)13-7-6-12(8-14(13)19)18-9-15(20-3)16(10-18)21-4/h6-8,11,15-17,19H,5,9-10H2,1-4H3. The Bertz CT molecular complexity index is 455. The van der Waals surface area contributed by atoms with Gasteiger partial charge < -0.3 is 24.8 Å². The zero-order valence-corrected chi connectivity index (χ0v) is 13.3. The minimum atomic E-state index is 0.0671. The van der Waals surface area contributed by atoms with E-state index in [0.29, 0.717) is 5.75 Å². The molecule has 1 fully saturated rings. The summed E-state index contributed by atoms with van der Waals surface area (Å²) >= 11 is 0. The molecule has 2 N–H and O–H groups in total. The van der Waals surface area contributed by atoms with Crippen LogP contribution in [0, 0.1) is 0 Å². The summed E-state index contributed by atoms with van der Waals surface area (Å²) in [5, 5.41) is 13.6. The van der Waals surface area contributed by atoms with Crippen LogP contribution in [0.2, 0.25) is 0 Å². The lowest BCUT2D eigenvalue weighted by atomic mass is 10.1. The summed E-state index contributed by atoms with van der Waals surface area (Å²) in [4.78, 5) is 2.18. The van der Waals surface area contributed by atoms with E-state index in [1.807, 2.05) is 18.2 Å². The van der Waals surface area contributed by atoms with Crippen LogP contribution in [-0.2, 0) is 9.47 Å². The summed E-state index contributed by atoms with van der Waals surface area (Å²) in [5.41, 5.74) is 1.92. The van der Waals surface area contributed by atoms with Crippen molar-refractivity contribution < 1.29 is 14.6 Å². The number of nitrogens with zero attached hydrogens (tertiary/aromatic N) is 1. The van der Waals surface area contributed by atoms with E-state index >= 15 is 0 Å². The van der Waals surface area contributed by atoms with E-state index in [0.717, 1.165) is 30.9 Å². The number of phenols is 1. The van der Waals surface area contributed by atoms with E-state index in [-0.39, 0.29) is 18.2 Å². The number of hydrogen-bond donors (Lipinski definition) is 2. The van der Waals surface area contributed by atoms with E-state index in [1.54, 1.807) is 14.2 Å². The Kier molecular flexibility index (Phi) is 5.45. The van der Waals surface area contributed by atoms with Crippen molar-refractivity contribution in [2.24, 2.45) is 0 Å². The first-order valence-corrected chi connectivity index (χ1v) is 7.47. The molecular formula is C16H26N2O3. The smallest absolute Gasteiger partial charge is 0.122 e. The van der Waals surface area contributed by atoms with E-state index in [1.165, 1.54) is 0 Å². The number of anilines is 1. The topological polar surface area (TPSA) is 54.0 Å². The van der Waals surface area contributed by atoms with E-state index in [2.05, 4.69) is 24.1 Å². The summed E-state index contributed by atoms with van der Waals surface area (Å²) in [6, 6.07) is 6.00. The molecule has 0 radical (unpaired) electrons. The normalized spacial score (nSPS) is 23.5. The van der Waals surface area contributed by atoms with Crippen molar-refractivity contribution in [3.8, 4) is 5.75 Å². The van der Waals surface area contributed by atoms with Gasteiger partial charge in [0.2, 0.25) is 0 Å². The van der Waals surface area contributed by atoms with Crippen LogP contribution < -0.4 is 10.2 Å². The molecule has 5 heteroatoms. The average molecular weight is 294 g/mol. The number of methoxy groups -OCH3 is 2. The maximum atomic E-state index is 10.3. The van der Waals surface area contributed by atoms with Crippen molar-refractivity contribution in [3.63, 3.8) is 0 Å². The fourth-order valence-electron chi connectivity index (χ4n) is 2.92. The lowest BCUT2D eigenvalue weighted by Crippen LogP contribution is -2.27. The molecular weight excluding hydrogens is 268 g/mol. The maximum absolute atomic E-state index is 10.3. The first-order chi connectivity index (χ1) is 10.1. The molecule has 1 aromatic rings. The molecule has 0 bridgehead atoms. The quantitative estimate of drug-likeness (QED) is 0.839. The molecule has 1 aromatic carbocycles. The van der Waals surface area contributed by atoms with Gasteiger partial charge in [0, 0.05) is 50.7 Å². The van der Waals surface area contributed by atoms with Gasteiger partial charge in [-0.3, -0.25) is 0 Å². The molecule has 1 heterocycles. The second-order valence-corrected chi connectivity index (χ2v) is 5.48. The summed E-state index contributed by atoms with van der Waals surface area (Å²) in [5.74, 6) is 0.329. The highest BCUT2D eigenvalue weighted by Crippen LogP contribution is 2.31. The number of phenolic OH excluding ortho intramolecular Hbond substituents is 1. The minimum absolute atomic E-state index is 0.0671. The molecule has 3 atom stereocenters. The number of nitrogens with one attached hydrogen (secondary N) is 1. The molecule has 1 aliphatic rings. The Hall–Kier alpha value is -1.30. The van der Waals surface area contributed by atoms with Gasteiger partial charge in [-0.15, -0.1) is 0 Å². The van der Waals surface area contributed by atoms with Gasteiger partial charge in [0.15, 0.2) is 0 Å². The van der Waals surface area contributed by atoms with Crippen molar-refractivity contribution in [2.45, 2.75) is 32.1 Å². The van der Waals surface area contributed by atoms with Gasteiger partial charge in [-0.05, 0) is 19.5 Å². The Morgan fingerprint density at radius 2 is 1.90 bits per heavy atom. The fourth-order valence-corrected chi connectivity index (χ4v) is 2.92. The number of benzene rings is 1. The summed E-state index contributed by atoms with van der Waals surface area (Å²) in [6.45, 7) is 6.53. The summed E-state index contributed by atoms with van der Waals surface area (Å²) < 4.78 is 10.9. The van der Waals surface area contributed by atoms with Crippen LogP contribution in [0.3, 0.4) is 0 Å². The van der Waals surface area contributed by atoms with Gasteiger partial charge in [0.25, 0.3) is 0 Å². The molecule has 1 aliphatic heterocycles. The predicted octanol–water partition coefficient (Wildman–Crippen LogP) is 1.91. The molecule has 118 valence electrons. The van der Waals surface area contributed by atoms with Crippen molar-refractivity contribution >= 4 is 5.69 Å².